The average molecular weight is 398 g/mol. The number of hydrogen-bond acceptors (Lipinski definition) is 3. The summed E-state index contributed by atoms with van der Waals surface area (Å²) in [6.45, 7) is -1.21. The van der Waals surface area contributed by atoms with Gasteiger partial charge in [0.2, 0.25) is 0 Å². The zero-order chi connectivity index (χ0) is 20.1. The van der Waals surface area contributed by atoms with Crippen LogP contribution >= 0.6 is 11.6 Å². The molecule has 0 aliphatic heterocycles. The van der Waals surface area contributed by atoms with Crippen LogP contribution in [-0.4, -0.2) is 22.0 Å². The predicted octanol–water partition coefficient (Wildman–Crippen LogP) is 3.66. The number of hydrogen-bond donors (Lipinski definition) is 2. The first-order valence-electron chi connectivity index (χ1n) is 8.37. The molecule has 3 aromatic carbocycles. The molecule has 0 fully saturated rings. The van der Waals surface area contributed by atoms with E-state index in [2.05, 4.69) is 4.98 Å². The zero-order valence-electron chi connectivity index (χ0n) is 14.6. The van der Waals surface area contributed by atoms with Gasteiger partial charge < -0.3 is 10.1 Å². The summed E-state index contributed by atoms with van der Waals surface area (Å²) in [6.07, 6.45) is 1.67. The average Bonchev–Trinajstić information content (AvgIpc) is 2.68. The predicted molar refractivity (Wildman–Crippen MR) is 108 cm³/mol. The van der Waals surface area contributed by atoms with Crippen LogP contribution in [0.15, 0.2) is 79.0 Å². The lowest BCUT2D eigenvalue weighted by Gasteiger charge is -2.08. The van der Waals surface area contributed by atoms with Gasteiger partial charge >= 0.3 is 6.92 Å². The van der Waals surface area contributed by atoms with Crippen molar-refractivity contribution in [3.05, 3.63) is 95.7 Å². The quantitative estimate of drug-likeness (QED) is 0.508. The maximum Gasteiger partial charge on any atom is 0.362 e. The molecule has 2 N–H and O–H groups in total. The Morgan fingerprint density at radius 3 is 2.36 bits per heavy atom. The minimum absolute atomic E-state index is 0.0694. The highest BCUT2D eigenvalue weighted by Crippen LogP contribution is 2.20. The molecule has 3 nitrogen and oxygen atoms in total. The van der Waals surface area contributed by atoms with Crippen molar-refractivity contribution in [3.8, 4) is 5.75 Å². The van der Waals surface area contributed by atoms with E-state index in [1.54, 1.807) is 18.3 Å². The normalized spacial score (nSPS) is 10.3. The molecule has 0 aliphatic rings. The van der Waals surface area contributed by atoms with Crippen LogP contribution in [0.4, 0.5) is 8.78 Å². The van der Waals surface area contributed by atoms with E-state index in [1.165, 1.54) is 36.4 Å². The lowest BCUT2D eigenvalue weighted by Crippen LogP contribution is -2.44. The first-order valence-corrected chi connectivity index (χ1v) is 8.74. The number of rotatable bonds is 2. The highest BCUT2D eigenvalue weighted by Gasteiger charge is 2.21. The van der Waals surface area contributed by atoms with Gasteiger partial charge in [-0.1, -0.05) is 48.0 Å². The van der Waals surface area contributed by atoms with Gasteiger partial charge in [-0.05, 0) is 47.3 Å². The smallest absolute Gasteiger partial charge is 0.362 e. The lowest BCUT2D eigenvalue weighted by atomic mass is 9.56. The molecular weight excluding hydrogens is 382 g/mol. The molecule has 0 aliphatic carbocycles. The molecule has 28 heavy (non-hydrogen) atoms. The molecule has 140 valence electrons. The van der Waals surface area contributed by atoms with Crippen LogP contribution in [0.25, 0.3) is 10.9 Å². The monoisotopic (exact) mass is 397 g/mol. The van der Waals surface area contributed by atoms with Gasteiger partial charge in [-0.25, -0.2) is 8.78 Å². The van der Waals surface area contributed by atoms with Crippen LogP contribution in [0.5, 0.6) is 5.75 Å². The van der Waals surface area contributed by atoms with Crippen molar-refractivity contribution < 1.29 is 18.9 Å². The van der Waals surface area contributed by atoms with E-state index in [1.807, 2.05) is 18.2 Å². The van der Waals surface area contributed by atoms with Gasteiger partial charge in [0.25, 0.3) is 0 Å². The van der Waals surface area contributed by atoms with Gasteiger partial charge in [-0.2, -0.15) is 0 Å². The number of fused-ring (bicyclic) bond motifs is 1. The van der Waals surface area contributed by atoms with Crippen LogP contribution in [0, 0.1) is 11.6 Å². The summed E-state index contributed by atoms with van der Waals surface area (Å²) in [4.78, 5) is 4.03. The van der Waals surface area contributed by atoms with Crippen LogP contribution in [0.1, 0.15) is 0 Å². The largest absolute Gasteiger partial charge is 0.506 e. The zero-order valence-corrected chi connectivity index (χ0v) is 15.3. The standard InChI is InChI=1S/C12H8BClF2O.C9H7NO/c14-9-4-5-11(12(16)7-9)13(17)8-2-1-3-10(15)6-8;11-8-5-1-3-7-4-2-6-10-9(7)8/h1-7,17H;1-6,11H. The molecule has 0 bridgehead atoms. The lowest BCUT2D eigenvalue weighted by molar-refractivity contribution is 0.480. The van der Waals surface area contributed by atoms with Crippen molar-refractivity contribution in [1.29, 1.82) is 0 Å². The second kappa shape index (κ2) is 8.82. The van der Waals surface area contributed by atoms with E-state index in [9.17, 15) is 18.9 Å². The fourth-order valence-electron chi connectivity index (χ4n) is 2.67. The molecule has 0 saturated carbocycles. The Bertz CT molecular complexity index is 1110. The van der Waals surface area contributed by atoms with Crippen LogP contribution in [0.2, 0.25) is 5.02 Å². The number of aromatic hydroxyl groups is 1. The molecule has 0 saturated heterocycles. The molecular formula is C21H15BClF2NO2. The minimum Gasteiger partial charge on any atom is -0.506 e. The molecule has 1 aromatic heterocycles. The second-order valence-electron chi connectivity index (χ2n) is 5.98. The van der Waals surface area contributed by atoms with Crippen molar-refractivity contribution in [2.45, 2.75) is 0 Å². The number of benzene rings is 3. The summed E-state index contributed by atoms with van der Waals surface area (Å²) in [5.41, 5.74) is 1.03. The Kier molecular flexibility index (Phi) is 6.24. The molecule has 0 unspecified atom stereocenters. The van der Waals surface area contributed by atoms with E-state index in [-0.39, 0.29) is 16.2 Å². The van der Waals surface area contributed by atoms with Crippen molar-refractivity contribution in [3.63, 3.8) is 0 Å². The van der Waals surface area contributed by atoms with Gasteiger partial charge in [0, 0.05) is 16.6 Å². The summed E-state index contributed by atoms with van der Waals surface area (Å²) in [5, 5.41) is 20.5. The first kappa shape index (κ1) is 19.8. The second-order valence-corrected chi connectivity index (χ2v) is 6.41. The van der Waals surface area contributed by atoms with Gasteiger partial charge in [-0.15, -0.1) is 0 Å². The highest BCUT2D eigenvalue weighted by molar-refractivity contribution is 6.79. The molecule has 0 spiro atoms. The fraction of sp³-hybridized carbons (Fsp3) is 0. The molecule has 0 amide bonds. The van der Waals surface area contributed by atoms with E-state index < -0.39 is 18.6 Å². The topological polar surface area (TPSA) is 53.4 Å². The Labute approximate surface area is 166 Å². The van der Waals surface area contributed by atoms with Crippen molar-refractivity contribution in [1.82, 2.24) is 4.98 Å². The van der Waals surface area contributed by atoms with Crippen molar-refractivity contribution in [2.24, 2.45) is 0 Å². The molecule has 4 rings (SSSR count). The van der Waals surface area contributed by atoms with Crippen molar-refractivity contribution in [2.75, 3.05) is 0 Å². The number of para-hydroxylation sites is 1. The van der Waals surface area contributed by atoms with E-state index in [0.717, 1.165) is 11.5 Å². The number of nitrogens with zero attached hydrogens (tertiary/aromatic N) is 1. The summed E-state index contributed by atoms with van der Waals surface area (Å²) >= 11 is 5.61. The maximum absolute atomic E-state index is 13.5. The Balaban J connectivity index is 0.000000176. The van der Waals surface area contributed by atoms with Gasteiger partial charge in [-0.3, -0.25) is 4.98 Å². The van der Waals surface area contributed by atoms with Gasteiger partial charge in [0.15, 0.2) is 0 Å². The third-order valence-electron chi connectivity index (χ3n) is 4.03. The Morgan fingerprint density at radius 1 is 0.893 bits per heavy atom. The Hall–Kier alpha value is -2.96. The first-order chi connectivity index (χ1) is 13.5. The van der Waals surface area contributed by atoms with Crippen molar-refractivity contribution >= 4 is 40.3 Å². The van der Waals surface area contributed by atoms with E-state index in [0.29, 0.717) is 11.0 Å². The number of pyridine rings is 1. The summed E-state index contributed by atoms with van der Waals surface area (Å²) in [7, 11) is 0. The molecule has 4 aromatic rings. The van der Waals surface area contributed by atoms with E-state index >= 15 is 0 Å². The maximum atomic E-state index is 13.5. The third kappa shape index (κ3) is 4.66. The molecule has 7 heteroatoms. The fourth-order valence-corrected chi connectivity index (χ4v) is 2.83. The van der Waals surface area contributed by atoms with Gasteiger partial charge in [0.05, 0.1) is 0 Å². The third-order valence-corrected chi connectivity index (χ3v) is 4.27. The van der Waals surface area contributed by atoms with Crippen LogP contribution < -0.4 is 10.9 Å². The number of phenolic OH excluding ortho intramolecular Hbond substituents is 1. The molecule has 0 atom stereocenters. The summed E-state index contributed by atoms with van der Waals surface area (Å²) in [5.74, 6) is -0.853. The SMILES string of the molecule is OB(c1cccc(F)c1)c1ccc(Cl)cc1F.Oc1cccc2cccnc12. The van der Waals surface area contributed by atoms with Crippen LogP contribution in [-0.2, 0) is 0 Å². The van der Waals surface area contributed by atoms with Gasteiger partial charge in [0.1, 0.15) is 22.9 Å². The highest BCUT2D eigenvalue weighted by atomic mass is 35.5. The number of halogens is 3. The number of aromatic nitrogens is 1. The molecule has 0 radical (unpaired) electrons. The Morgan fingerprint density at radius 2 is 1.64 bits per heavy atom. The number of phenols is 1. The summed E-state index contributed by atoms with van der Waals surface area (Å²) in [6, 6.07) is 18.5. The van der Waals surface area contributed by atoms with Crippen LogP contribution in [0.3, 0.4) is 0 Å². The minimum atomic E-state index is -1.21. The van der Waals surface area contributed by atoms with E-state index in [4.69, 9.17) is 11.6 Å². The molecule has 1 heterocycles. The summed E-state index contributed by atoms with van der Waals surface area (Å²) < 4.78 is 26.5.